The molecule has 0 amide bonds. The van der Waals surface area contributed by atoms with Gasteiger partial charge in [0.05, 0.1) is 4.48 Å². The van der Waals surface area contributed by atoms with E-state index in [1.54, 1.807) is 0 Å². The summed E-state index contributed by atoms with van der Waals surface area (Å²) in [7, 11) is 0. The molecule has 92 valence electrons. The molecule has 0 spiro atoms. The van der Waals surface area contributed by atoms with Crippen LogP contribution in [0.15, 0.2) is 40.9 Å². The van der Waals surface area contributed by atoms with Gasteiger partial charge >= 0.3 is 5.97 Å². The van der Waals surface area contributed by atoms with Gasteiger partial charge in [0, 0.05) is 0 Å². The fourth-order valence-electron chi connectivity index (χ4n) is 1.31. The van der Waals surface area contributed by atoms with Crippen LogP contribution >= 0.6 is 15.9 Å². The highest BCUT2D eigenvalue weighted by molar-refractivity contribution is 9.12. The number of hydrogen-bond acceptors (Lipinski definition) is 2. The van der Waals surface area contributed by atoms with Crippen molar-refractivity contribution in [1.82, 2.24) is 0 Å². The number of allylic oxidation sites excluding steroid dienone is 1. The van der Waals surface area contributed by atoms with Gasteiger partial charge in [0.15, 0.2) is 0 Å². The van der Waals surface area contributed by atoms with Crippen molar-refractivity contribution in [3.63, 3.8) is 0 Å². The van der Waals surface area contributed by atoms with E-state index in [0.29, 0.717) is 11.1 Å². The summed E-state index contributed by atoms with van der Waals surface area (Å²) in [4.78, 5) is 11.6. The molecule has 0 radical (unpaired) electrons. The van der Waals surface area contributed by atoms with Crippen LogP contribution in [0.25, 0.3) is 0 Å². The summed E-state index contributed by atoms with van der Waals surface area (Å²) < 4.78 is 5.68. The third-order valence-corrected chi connectivity index (χ3v) is 2.94. The van der Waals surface area contributed by atoms with Crippen LogP contribution in [0, 0.1) is 0 Å². The standard InChI is InChI=1S/C14H17BrO2/c1-2-3-5-10-13(15)14(16)17-11-12-8-6-4-7-9-12/h4,6-10H,2-3,5,11H2,1H3. The molecule has 0 N–H and O–H groups in total. The summed E-state index contributed by atoms with van der Waals surface area (Å²) in [5.74, 6) is -0.301. The Balaban J connectivity index is 2.36. The molecule has 2 nitrogen and oxygen atoms in total. The molecule has 3 heteroatoms. The monoisotopic (exact) mass is 296 g/mol. The van der Waals surface area contributed by atoms with Gasteiger partial charge in [-0.3, -0.25) is 0 Å². The molecule has 0 aliphatic carbocycles. The highest BCUT2D eigenvalue weighted by Crippen LogP contribution is 2.12. The molecule has 0 fully saturated rings. The van der Waals surface area contributed by atoms with Crippen LogP contribution in [0.4, 0.5) is 0 Å². The minimum Gasteiger partial charge on any atom is -0.457 e. The average Bonchev–Trinajstić information content (AvgIpc) is 2.37. The van der Waals surface area contributed by atoms with Gasteiger partial charge in [0.25, 0.3) is 0 Å². The first-order chi connectivity index (χ1) is 8.24. The lowest BCUT2D eigenvalue weighted by molar-refractivity contribution is -0.139. The molecular formula is C14H17BrO2. The van der Waals surface area contributed by atoms with E-state index in [1.807, 2.05) is 36.4 Å². The van der Waals surface area contributed by atoms with Crippen molar-refractivity contribution in [2.24, 2.45) is 0 Å². The molecular weight excluding hydrogens is 280 g/mol. The Bertz CT molecular complexity index is 371. The summed E-state index contributed by atoms with van der Waals surface area (Å²) >= 11 is 3.23. The highest BCUT2D eigenvalue weighted by atomic mass is 79.9. The number of halogens is 1. The van der Waals surface area contributed by atoms with Crippen molar-refractivity contribution in [2.75, 3.05) is 0 Å². The molecule has 0 aromatic heterocycles. The molecule has 1 rings (SSSR count). The van der Waals surface area contributed by atoms with Gasteiger partial charge in [-0.15, -0.1) is 0 Å². The second-order valence-corrected chi connectivity index (χ2v) is 4.61. The zero-order chi connectivity index (χ0) is 12.5. The number of benzene rings is 1. The number of unbranched alkanes of at least 4 members (excludes halogenated alkanes) is 2. The Kier molecular flexibility index (Phi) is 6.63. The molecule has 0 unspecified atom stereocenters. The summed E-state index contributed by atoms with van der Waals surface area (Å²) in [5, 5.41) is 0. The van der Waals surface area contributed by atoms with E-state index in [-0.39, 0.29) is 5.97 Å². The Labute approximate surface area is 111 Å². The molecule has 0 heterocycles. The molecule has 1 aromatic rings. The third-order valence-electron chi connectivity index (χ3n) is 2.29. The van der Waals surface area contributed by atoms with E-state index in [1.165, 1.54) is 0 Å². The Hall–Kier alpha value is -1.09. The molecule has 0 saturated carbocycles. The SMILES string of the molecule is CCCCC=C(Br)C(=O)OCc1ccccc1. The van der Waals surface area contributed by atoms with E-state index in [2.05, 4.69) is 22.9 Å². The Morgan fingerprint density at radius 1 is 1.35 bits per heavy atom. The summed E-state index contributed by atoms with van der Waals surface area (Å²) in [6, 6.07) is 9.65. The van der Waals surface area contributed by atoms with Crippen LogP contribution in [0.3, 0.4) is 0 Å². The minimum atomic E-state index is -0.301. The van der Waals surface area contributed by atoms with Gasteiger partial charge in [-0.05, 0) is 27.9 Å². The molecule has 0 bridgehead atoms. The number of hydrogen-bond donors (Lipinski definition) is 0. The lowest BCUT2D eigenvalue weighted by Gasteiger charge is -2.04. The number of carbonyl (C=O) groups excluding carboxylic acids is 1. The van der Waals surface area contributed by atoms with Crippen LogP contribution in [-0.4, -0.2) is 5.97 Å². The van der Waals surface area contributed by atoms with Gasteiger partial charge in [-0.1, -0.05) is 56.2 Å². The highest BCUT2D eigenvalue weighted by Gasteiger charge is 2.06. The fraction of sp³-hybridized carbons (Fsp3) is 0.357. The quantitative estimate of drug-likeness (QED) is 0.447. The van der Waals surface area contributed by atoms with Crippen LogP contribution < -0.4 is 0 Å². The van der Waals surface area contributed by atoms with Crippen LogP contribution in [0.2, 0.25) is 0 Å². The summed E-state index contributed by atoms with van der Waals surface area (Å²) in [6.45, 7) is 2.44. The van der Waals surface area contributed by atoms with E-state index in [9.17, 15) is 4.79 Å². The number of carbonyl (C=O) groups is 1. The Morgan fingerprint density at radius 2 is 2.06 bits per heavy atom. The van der Waals surface area contributed by atoms with Crippen molar-refractivity contribution in [3.8, 4) is 0 Å². The lowest BCUT2D eigenvalue weighted by Crippen LogP contribution is -2.04. The predicted molar refractivity (Wildman–Crippen MR) is 72.8 cm³/mol. The van der Waals surface area contributed by atoms with E-state index in [0.717, 1.165) is 24.8 Å². The van der Waals surface area contributed by atoms with Crippen molar-refractivity contribution < 1.29 is 9.53 Å². The minimum absolute atomic E-state index is 0.301. The zero-order valence-corrected chi connectivity index (χ0v) is 11.6. The van der Waals surface area contributed by atoms with Crippen LogP contribution in [-0.2, 0) is 16.1 Å². The molecule has 1 aromatic carbocycles. The van der Waals surface area contributed by atoms with E-state index < -0.39 is 0 Å². The average molecular weight is 297 g/mol. The maximum atomic E-state index is 11.6. The van der Waals surface area contributed by atoms with Crippen molar-refractivity contribution in [1.29, 1.82) is 0 Å². The Morgan fingerprint density at radius 3 is 2.71 bits per heavy atom. The van der Waals surface area contributed by atoms with Crippen molar-refractivity contribution in [3.05, 3.63) is 46.5 Å². The van der Waals surface area contributed by atoms with Gasteiger partial charge in [0.1, 0.15) is 6.61 Å². The molecule has 17 heavy (non-hydrogen) atoms. The fourth-order valence-corrected chi connectivity index (χ4v) is 1.65. The predicted octanol–water partition coefficient (Wildman–Crippen LogP) is 4.20. The van der Waals surface area contributed by atoms with Gasteiger partial charge < -0.3 is 4.74 Å². The summed E-state index contributed by atoms with van der Waals surface area (Å²) in [6.07, 6.45) is 4.98. The first-order valence-electron chi connectivity index (χ1n) is 5.80. The topological polar surface area (TPSA) is 26.3 Å². The smallest absolute Gasteiger partial charge is 0.345 e. The van der Waals surface area contributed by atoms with Crippen LogP contribution in [0.5, 0.6) is 0 Å². The maximum Gasteiger partial charge on any atom is 0.345 e. The van der Waals surface area contributed by atoms with Crippen molar-refractivity contribution >= 4 is 21.9 Å². The molecule has 0 aliphatic heterocycles. The normalized spacial score (nSPS) is 11.3. The second-order valence-electron chi connectivity index (χ2n) is 3.76. The van der Waals surface area contributed by atoms with Crippen molar-refractivity contribution in [2.45, 2.75) is 32.8 Å². The van der Waals surface area contributed by atoms with Gasteiger partial charge in [-0.25, -0.2) is 4.79 Å². The number of esters is 1. The zero-order valence-electron chi connectivity index (χ0n) is 9.99. The van der Waals surface area contributed by atoms with Gasteiger partial charge in [0.2, 0.25) is 0 Å². The van der Waals surface area contributed by atoms with E-state index >= 15 is 0 Å². The van der Waals surface area contributed by atoms with Gasteiger partial charge in [-0.2, -0.15) is 0 Å². The van der Waals surface area contributed by atoms with Crippen LogP contribution in [0.1, 0.15) is 31.7 Å². The first-order valence-corrected chi connectivity index (χ1v) is 6.60. The first kappa shape index (κ1) is 14.0. The van der Waals surface area contributed by atoms with E-state index in [4.69, 9.17) is 4.74 Å². The molecule has 0 atom stereocenters. The lowest BCUT2D eigenvalue weighted by atomic mass is 10.2. The maximum absolute atomic E-state index is 11.6. The largest absolute Gasteiger partial charge is 0.457 e. The third kappa shape index (κ3) is 5.68. The second kappa shape index (κ2) is 8.07. The molecule has 0 aliphatic rings. The number of ether oxygens (including phenoxy) is 1. The summed E-state index contributed by atoms with van der Waals surface area (Å²) in [5.41, 5.74) is 0.995. The molecule has 0 saturated heterocycles. The number of rotatable bonds is 6.